The van der Waals surface area contributed by atoms with E-state index in [1.807, 2.05) is 5.32 Å². The molecule has 8 heteroatoms. The van der Waals surface area contributed by atoms with Crippen molar-refractivity contribution in [1.29, 1.82) is 0 Å². The van der Waals surface area contributed by atoms with Crippen molar-refractivity contribution >= 4 is 48.7 Å². The first kappa shape index (κ1) is 14.0. The molecular weight excluding hydrogens is 360 g/mol. The number of nitrogens with one attached hydrogen (secondary N) is 1. The van der Waals surface area contributed by atoms with Gasteiger partial charge in [-0.3, -0.25) is 10.1 Å². The molecule has 1 fully saturated rings. The van der Waals surface area contributed by atoms with Gasteiger partial charge in [0.2, 0.25) is 5.91 Å². The van der Waals surface area contributed by atoms with Crippen molar-refractivity contribution in [3.63, 3.8) is 0 Å². The van der Waals surface area contributed by atoms with E-state index in [9.17, 15) is 18.0 Å². The number of amides is 3. The molecule has 1 aliphatic rings. The molecule has 21 heavy (non-hydrogen) atoms. The molecule has 0 aliphatic carbocycles. The van der Waals surface area contributed by atoms with Crippen LogP contribution in [0.3, 0.4) is 0 Å². The molecule has 0 bridgehead atoms. The summed E-state index contributed by atoms with van der Waals surface area (Å²) in [4.78, 5) is 22.8. The van der Waals surface area contributed by atoms with Gasteiger partial charge in [0, 0.05) is 9.86 Å². The van der Waals surface area contributed by atoms with Gasteiger partial charge in [-0.1, -0.05) is 40.2 Å². The van der Waals surface area contributed by atoms with E-state index in [2.05, 4.69) is 15.9 Å². The van der Waals surface area contributed by atoms with Crippen molar-refractivity contribution in [3.05, 3.63) is 40.9 Å². The Kier molecular flexibility index (Phi) is 3.22. The van der Waals surface area contributed by atoms with Crippen LogP contribution >= 0.6 is 15.9 Å². The van der Waals surface area contributed by atoms with Crippen LogP contribution in [0.25, 0.3) is 10.8 Å². The number of imide groups is 1. The first-order valence-electron chi connectivity index (χ1n) is 5.95. The largest absolute Gasteiger partial charge is 0.338 e. The fourth-order valence-electron chi connectivity index (χ4n) is 2.20. The van der Waals surface area contributed by atoms with Gasteiger partial charge in [-0.2, -0.15) is 0 Å². The first-order chi connectivity index (χ1) is 9.91. The maximum Gasteiger partial charge on any atom is 0.338 e. The molecule has 0 saturated carbocycles. The third kappa shape index (κ3) is 2.20. The van der Waals surface area contributed by atoms with Gasteiger partial charge >= 0.3 is 6.03 Å². The lowest BCUT2D eigenvalue weighted by atomic mass is 10.1. The van der Waals surface area contributed by atoms with Gasteiger partial charge < -0.3 is 0 Å². The second-order valence-electron chi connectivity index (χ2n) is 4.46. The summed E-state index contributed by atoms with van der Waals surface area (Å²) in [5.74, 6) is -0.634. The summed E-state index contributed by atoms with van der Waals surface area (Å²) in [5, 5.41) is 3.16. The summed E-state index contributed by atoms with van der Waals surface area (Å²) >= 11 is 3.36. The predicted molar refractivity (Wildman–Crippen MR) is 79.1 cm³/mol. The lowest BCUT2D eigenvalue weighted by Crippen LogP contribution is -2.34. The Hall–Kier alpha value is -1.93. The smallest absolute Gasteiger partial charge is 0.275 e. The summed E-state index contributed by atoms with van der Waals surface area (Å²) in [6, 6.07) is 9.02. The van der Waals surface area contributed by atoms with E-state index in [1.165, 1.54) is 6.07 Å². The van der Waals surface area contributed by atoms with Crippen LogP contribution in [-0.2, 0) is 14.8 Å². The van der Waals surface area contributed by atoms with Gasteiger partial charge in [0.15, 0.2) is 0 Å². The lowest BCUT2D eigenvalue weighted by Gasteiger charge is -2.15. The Morgan fingerprint density at radius 3 is 2.38 bits per heavy atom. The van der Waals surface area contributed by atoms with Gasteiger partial charge in [-0.15, -0.1) is 0 Å². The second-order valence-corrected chi connectivity index (χ2v) is 7.14. The normalized spacial score (nSPS) is 15.6. The van der Waals surface area contributed by atoms with E-state index < -0.39 is 28.5 Å². The summed E-state index contributed by atoms with van der Waals surface area (Å²) in [6.07, 6.45) is 0. The zero-order valence-corrected chi connectivity index (χ0v) is 12.9. The number of urea groups is 1. The van der Waals surface area contributed by atoms with Crippen molar-refractivity contribution in [2.75, 3.05) is 6.54 Å². The predicted octanol–water partition coefficient (Wildman–Crippen LogP) is 1.84. The molecule has 1 heterocycles. The van der Waals surface area contributed by atoms with E-state index >= 15 is 0 Å². The van der Waals surface area contributed by atoms with Crippen molar-refractivity contribution in [2.45, 2.75) is 4.90 Å². The number of carbonyl (C=O) groups is 2. The quantitative estimate of drug-likeness (QED) is 0.819. The third-order valence-corrected chi connectivity index (χ3v) is 5.64. The third-order valence-electron chi connectivity index (χ3n) is 3.16. The highest BCUT2D eigenvalue weighted by Crippen LogP contribution is 2.30. The molecule has 2 aromatic carbocycles. The minimum absolute atomic E-state index is 0.00819. The standard InChI is InChI=1S/C13H9BrN2O4S/c14-10-5-1-4-9-8(10)3-2-6-11(9)21(19,20)16-7-12(17)15-13(16)18/h1-6H,7H2,(H,15,17,18). The number of fused-ring (bicyclic) bond motifs is 1. The molecule has 0 spiro atoms. The molecular formula is C13H9BrN2O4S. The fourth-order valence-corrected chi connectivity index (χ4v) is 4.20. The molecule has 108 valence electrons. The van der Waals surface area contributed by atoms with E-state index in [-0.39, 0.29) is 4.90 Å². The molecule has 1 saturated heterocycles. The summed E-state index contributed by atoms with van der Waals surface area (Å²) in [5.41, 5.74) is 0. The molecule has 0 radical (unpaired) electrons. The second kappa shape index (κ2) is 4.81. The number of nitrogens with zero attached hydrogens (tertiary/aromatic N) is 1. The Morgan fingerprint density at radius 1 is 1.05 bits per heavy atom. The minimum Gasteiger partial charge on any atom is -0.275 e. The van der Waals surface area contributed by atoms with Crippen LogP contribution in [0.4, 0.5) is 4.79 Å². The highest BCUT2D eigenvalue weighted by molar-refractivity contribution is 9.10. The minimum atomic E-state index is -4.08. The zero-order valence-electron chi connectivity index (χ0n) is 10.5. The number of carbonyl (C=O) groups excluding carboxylic acids is 2. The van der Waals surface area contributed by atoms with Gasteiger partial charge in [-0.05, 0) is 17.5 Å². The fraction of sp³-hybridized carbons (Fsp3) is 0.0769. The van der Waals surface area contributed by atoms with Crippen molar-refractivity contribution in [3.8, 4) is 0 Å². The van der Waals surface area contributed by atoms with Crippen LogP contribution in [0.5, 0.6) is 0 Å². The SMILES string of the molecule is O=C1CN(S(=O)(=O)c2cccc3c(Br)cccc23)C(=O)N1. The van der Waals surface area contributed by atoms with Crippen LogP contribution < -0.4 is 5.32 Å². The number of halogens is 1. The van der Waals surface area contributed by atoms with Crippen LogP contribution in [0.2, 0.25) is 0 Å². The molecule has 3 amide bonds. The van der Waals surface area contributed by atoms with Crippen LogP contribution in [0, 0.1) is 0 Å². The van der Waals surface area contributed by atoms with E-state index in [0.29, 0.717) is 15.1 Å². The highest BCUT2D eigenvalue weighted by atomic mass is 79.9. The first-order valence-corrected chi connectivity index (χ1v) is 8.18. The molecule has 2 aromatic rings. The average Bonchev–Trinajstić information content (AvgIpc) is 2.78. The van der Waals surface area contributed by atoms with Gasteiger partial charge in [0.05, 0.1) is 4.90 Å². The lowest BCUT2D eigenvalue weighted by molar-refractivity contribution is -0.118. The van der Waals surface area contributed by atoms with Crippen molar-refractivity contribution < 1.29 is 18.0 Å². The molecule has 0 atom stereocenters. The maximum atomic E-state index is 12.6. The van der Waals surface area contributed by atoms with E-state index in [4.69, 9.17) is 0 Å². The number of benzene rings is 2. The van der Waals surface area contributed by atoms with Crippen LogP contribution in [-0.4, -0.2) is 31.2 Å². The molecule has 6 nitrogen and oxygen atoms in total. The monoisotopic (exact) mass is 368 g/mol. The number of sulfonamides is 1. The molecule has 1 aliphatic heterocycles. The van der Waals surface area contributed by atoms with Gasteiger partial charge in [-0.25, -0.2) is 17.5 Å². The zero-order chi connectivity index (χ0) is 15.2. The molecule has 0 unspecified atom stereocenters. The Labute approximate surface area is 128 Å². The maximum absolute atomic E-state index is 12.6. The summed E-state index contributed by atoms with van der Waals surface area (Å²) in [6.45, 7) is -0.494. The highest BCUT2D eigenvalue weighted by Gasteiger charge is 2.38. The van der Waals surface area contributed by atoms with Crippen LogP contribution in [0.1, 0.15) is 0 Å². The summed E-state index contributed by atoms with van der Waals surface area (Å²) < 4.78 is 26.5. The van der Waals surface area contributed by atoms with Crippen LogP contribution in [0.15, 0.2) is 45.8 Å². The van der Waals surface area contributed by atoms with E-state index in [0.717, 1.165) is 4.47 Å². The number of hydrogen-bond acceptors (Lipinski definition) is 4. The Bertz CT molecular complexity index is 879. The Balaban J connectivity index is 2.23. The van der Waals surface area contributed by atoms with Crippen molar-refractivity contribution in [1.82, 2.24) is 9.62 Å². The topological polar surface area (TPSA) is 83.6 Å². The number of rotatable bonds is 2. The molecule has 3 rings (SSSR count). The Morgan fingerprint density at radius 2 is 1.71 bits per heavy atom. The average molecular weight is 369 g/mol. The molecule has 1 N–H and O–H groups in total. The van der Waals surface area contributed by atoms with E-state index in [1.54, 1.807) is 30.3 Å². The van der Waals surface area contributed by atoms with Gasteiger partial charge in [0.25, 0.3) is 10.0 Å². The van der Waals surface area contributed by atoms with Gasteiger partial charge in [0.1, 0.15) is 6.54 Å². The number of hydrogen-bond donors (Lipinski definition) is 1. The van der Waals surface area contributed by atoms with Crippen molar-refractivity contribution in [2.24, 2.45) is 0 Å². The summed E-state index contributed by atoms with van der Waals surface area (Å²) in [7, 11) is -4.08. The molecule has 0 aromatic heterocycles.